The summed E-state index contributed by atoms with van der Waals surface area (Å²) in [6.07, 6.45) is 0. The van der Waals surface area contributed by atoms with Crippen molar-refractivity contribution in [1.82, 2.24) is 0 Å². The first-order valence-corrected chi connectivity index (χ1v) is 12.5. The van der Waals surface area contributed by atoms with Gasteiger partial charge in [0, 0.05) is 0 Å². The summed E-state index contributed by atoms with van der Waals surface area (Å²) < 4.78 is 0. The second-order valence-corrected chi connectivity index (χ2v) is 9.94. The van der Waals surface area contributed by atoms with Crippen LogP contribution in [0.2, 0.25) is 20.1 Å². The highest BCUT2D eigenvalue weighted by Gasteiger charge is 2.32. The van der Waals surface area contributed by atoms with Gasteiger partial charge >= 0.3 is 0 Å². The molecule has 1 heterocycles. The third-order valence-corrected chi connectivity index (χ3v) is 7.47. The summed E-state index contributed by atoms with van der Waals surface area (Å²) in [6, 6.07) is 24.6. The summed E-state index contributed by atoms with van der Waals surface area (Å²) in [5, 5.41) is 1.65. The highest BCUT2D eigenvalue weighted by molar-refractivity contribution is 6.42. The van der Waals surface area contributed by atoms with Crippen LogP contribution in [0.1, 0.15) is 31.8 Å². The Balaban J connectivity index is 1.64. The van der Waals surface area contributed by atoms with Crippen LogP contribution in [-0.2, 0) is 13.1 Å². The summed E-state index contributed by atoms with van der Waals surface area (Å²) in [7, 11) is 0. The minimum atomic E-state index is -0.240. The second-order valence-electron chi connectivity index (χ2n) is 8.31. The molecule has 0 spiro atoms. The van der Waals surface area contributed by atoms with Gasteiger partial charge in [0.1, 0.15) is 0 Å². The molecule has 180 valence electrons. The van der Waals surface area contributed by atoms with Crippen molar-refractivity contribution in [3.63, 3.8) is 0 Å². The summed E-state index contributed by atoms with van der Waals surface area (Å²) in [6.45, 7) is 0.419. The molecule has 0 N–H and O–H groups in total. The average Bonchev–Trinajstić information content (AvgIpc) is 2.89. The Bertz CT molecular complexity index is 1390. The molecule has 4 aromatic rings. The molecule has 5 rings (SSSR count). The number of rotatable bonds is 4. The van der Waals surface area contributed by atoms with E-state index in [1.807, 2.05) is 12.1 Å². The van der Waals surface area contributed by atoms with Crippen molar-refractivity contribution in [3.05, 3.63) is 127 Å². The van der Waals surface area contributed by atoms with E-state index in [1.54, 1.807) is 82.6 Å². The Morgan fingerprint density at radius 3 is 1.28 bits per heavy atom. The van der Waals surface area contributed by atoms with E-state index in [2.05, 4.69) is 0 Å². The zero-order valence-electron chi connectivity index (χ0n) is 18.7. The van der Waals surface area contributed by atoms with E-state index in [-0.39, 0.29) is 24.9 Å². The summed E-state index contributed by atoms with van der Waals surface area (Å²) in [4.78, 5) is 31.2. The molecule has 0 unspecified atom stereocenters. The summed E-state index contributed by atoms with van der Waals surface area (Å²) in [5.41, 5.74) is 3.39. The van der Waals surface area contributed by atoms with Crippen molar-refractivity contribution in [2.75, 3.05) is 9.80 Å². The Morgan fingerprint density at radius 1 is 0.500 bits per heavy atom. The topological polar surface area (TPSA) is 40.6 Å². The molecular formula is C28H18Cl4N2O2. The number of carbonyl (C=O) groups is 2. The molecule has 8 heteroatoms. The number of anilines is 2. The Hall–Kier alpha value is -3.02. The van der Waals surface area contributed by atoms with E-state index >= 15 is 0 Å². The van der Waals surface area contributed by atoms with Gasteiger partial charge in [0.25, 0.3) is 11.8 Å². The van der Waals surface area contributed by atoms with Crippen molar-refractivity contribution < 1.29 is 9.59 Å². The first-order chi connectivity index (χ1) is 17.3. The Labute approximate surface area is 228 Å². The van der Waals surface area contributed by atoms with Gasteiger partial charge in [-0.25, -0.2) is 0 Å². The zero-order chi connectivity index (χ0) is 25.4. The SMILES string of the molecule is O=C1c2ccccc2N(Cc2ccc(Cl)c(Cl)c2)C(=O)c2ccccc2N1Cc1ccc(Cl)c(Cl)c1. The van der Waals surface area contributed by atoms with Gasteiger partial charge < -0.3 is 9.80 Å². The van der Waals surface area contributed by atoms with Crippen LogP contribution in [0.3, 0.4) is 0 Å². The molecule has 0 fully saturated rings. The molecule has 1 aliphatic heterocycles. The van der Waals surface area contributed by atoms with Gasteiger partial charge in [-0.2, -0.15) is 0 Å². The van der Waals surface area contributed by atoms with Crippen LogP contribution in [0.4, 0.5) is 11.4 Å². The lowest BCUT2D eigenvalue weighted by Crippen LogP contribution is -2.40. The Morgan fingerprint density at radius 2 is 0.889 bits per heavy atom. The molecule has 0 atom stereocenters. The van der Waals surface area contributed by atoms with E-state index in [1.165, 1.54) is 0 Å². The first kappa shape index (κ1) is 24.7. The fourth-order valence-electron chi connectivity index (χ4n) is 4.24. The predicted octanol–water partition coefficient (Wildman–Crippen LogP) is 8.31. The predicted molar refractivity (Wildman–Crippen MR) is 147 cm³/mol. The fourth-order valence-corrected chi connectivity index (χ4v) is 4.89. The number of hydrogen-bond donors (Lipinski definition) is 0. The lowest BCUT2D eigenvalue weighted by Gasteiger charge is -2.33. The maximum Gasteiger partial charge on any atom is 0.260 e. The number of hydrogen-bond acceptors (Lipinski definition) is 2. The van der Waals surface area contributed by atoms with Crippen molar-refractivity contribution in [2.45, 2.75) is 13.1 Å². The zero-order valence-corrected chi connectivity index (χ0v) is 21.7. The molecule has 2 amide bonds. The van der Waals surface area contributed by atoms with Gasteiger partial charge in [-0.1, -0.05) is 82.8 Å². The average molecular weight is 556 g/mol. The van der Waals surface area contributed by atoms with Crippen LogP contribution in [0.5, 0.6) is 0 Å². The van der Waals surface area contributed by atoms with E-state index in [0.29, 0.717) is 42.6 Å². The van der Waals surface area contributed by atoms with E-state index in [0.717, 1.165) is 11.1 Å². The van der Waals surface area contributed by atoms with Gasteiger partial charge in [0.15, 0.2) is 0 Å². The van der Waals surface area contributed by atoms with Crippen molar-refractivity contribution >= 4 is 69.6 Å². The molecule has 4 nitrogen and oxygen atoms in total. The van der Waals surface area contributed by atoms with Gasteiger partial charge in [-0.05, 0) is 59.7 Å². The smallest absolute Gasteiger partial charge is 0.260 e. The lowest BCUT2D eigenvalue weighted by atomic mass is 10.0. The highest BCUT2D eigenvalue weighted by Crippen LogP contribution is 2.35. The van der Waals surface area contributed by atoms with E-state index in [4.69, 9.17) is 46.4 Å². The van der Waals surface area contributed by atoms with Gasteiger partial charge in [-0.15, -0.1) is 0 Å². The molecule has 0 aliphatic carbocycles. The van der Waals surface area contributed by atoms with Crippen LogP contribution in [-0.4, -0.2) is 11.8 Å². The van der Waals surface area contributed by atoms with Crippen molar-refractivity contribution in [2.24, 2.45) is 0 Å². The van der Waals surface area contributed by atoms with Crippen LogP contribution in [0, 0.1) is 0 Å². The highest BCUT2D eigenvalue weighted by atomic mass is 35.5. The first-order valence-electron chi connectivity index (χ1n) is 11.0. The molecule has 0 saturated carbocycles. The monoisotopic (exact) mass is 554 g/mol. The molecular weight excluding hydrogens is 538 g/mol. The number of amides is 2. The molecule has 1 aliphatic rings. The van der Waals surface area contributed by atoms with Gasteiger partial charge in [-0.3, -0.25) is 9.59 Å². The number of benzene rings is 4. The molecule has 36 heavy (non-hydrogen) atoms. The van der Waals surface area contributed by atoms with Crippen LogP contribution in [0.25, 0.3) is 0 Å². The van der Waals surface area contributed by atoms with Gasteiger partial charge in [0.2, 0.25) is 0 Å². The summed E-state index contributed by atoms with van der Waals surface area (Å²) in [5.74, 6) is -0.480. The number of carbonyl (C=O) groups excluding carboxylic acids is 2. The van der Waals surface area contributed by atoms with E-state index < -0.39 is 0 Å². The van der Waals surface area contributed by atoms with Crippen molar-refractivity contribution in [3.8, 4) is 0 Å². The lowest BCUT2D eigenvalue weighted by molar-refractivity contribution is 0.0972. The third kappa shape index (κ3) is 4.70. The van der Waals surface area contributed by atoms with E-state index in [9.17, 15) is 9.59 Å². The fraction of sp³-hybridized carbons (Fsp3) is 0.0714. The quantitative estimate of drug-likeness (QED) is 0.254. The molecule has 0 saturated heterocycles. The Kier molecular flexibility index (Phi) is 6.96. The maximum atomic E-state index is 14.0. The minimum Gasteiger partial charge on any atom is -0.303 e. The number of fused-ring (bicyclic) bond motifs is 2. The van der Waals surface area contributed by atoms with Crippen LogP contribution < -0.4 is 9.80 Å². The maximum absolute atomic E-state index is 14.0. The van der Waals surface area contributed by atoms with Crippen LogP contribution >= 0.6 is 46.4 Å². The number of nitrogens with zero attached hydrogens (tertiary/aromatic N) is 2. The largest absolute Gasteiger partial charge is 0.303 e. The summed E-state index contributed by atoms with van der Waals surface area (Å²) >= 11 is 24.6. The third-order valence-electron chi connectivity index (χ3n) is 5.99. The van der Waals surface area contributed by atoms with Crippen molar-refractivity contribution in [1.29, 1.82) is 0 Å². The van der Waals surface area contributed by atoms with Gasteiger partial charge in [0.05, 0.1) is 55.7 Å². The molecule has 0 aromatic heterocycles. The standard InChI is InChI=1S/C28H18Cl4N2O2/c29-21-11-9-17(13-23(21)31)15-33-25-7-3-1-5-19(25)27(35)34(16-18-10-12-22(30)24(32)14-18)26-8-4-2-6-20(26)28(33)36/h1-14H,15-16H2. The molecule has 0 radical (unpaired) electrons. The molecule has 0 bridgehead atoms. The minimum absolute atomic E-state index is 0.209. The normalized spacial score (nSPS) is 13.2. The van der Waals surface area contributed by atoms with Crippen LogP contribution in [0.15, 0.2) is 84.9 Å². The second kappa shape index (κ2) is 10.2. The molecule has 4 aromatic carbocycles. The number of para-hydroxylation sites is 2. The number of halogens is 4.